The van der Waals surface area contributed by atoms with Crippen LogP contribution in [-0.2, 0) is 33.4 Å². The predicted molar refractivity (Wildman–Crippen MR) is 133 cm³/mol. The number of esters is 3. The second kappa shape index (κ2) is 13.8. The van der Waals surface area contributed by atoms with Crippen molar-refractivity contribution in [1.29, 1.82) is 0 Å². The highest BCUT2D eigenvalue weighted by Gasteiger charge is 2.40. The third-order valence-corrected chi connectivity index (χ3v) is 6.30. The van der Waals surface area contributed by atoms with Gasteiger partial charge in [0.05, 0.1) is 21.3 Å². The lowest BCUT2D eigenvalue weighted by Gasteiger charge is -2.27. The Morgan fingerprint density at radius 2 is 1.11 bits per heavy atom. The molecule has 0 aliphatic rings. The van der Waals surface area contributed by atoms with Gasteiger partial charge in [-0.2, -0.15) is 0 Å². The summed E-state index contributed by atoms with van der Waals surface area (Å²) >= 11 is 12.0. The lowest BCUT2D eigenvalue weighted by atomic mass is 9.83. The predicted octanol–water partition coefficient (Wildman–Crippen LogP) is 2.69. The lowest BCUT2D eigenvalue weighted by molar-refractivity contribution is -0.160. The molecule has 3 unspecified atom stereocenters. The summed E-state index contributed by atoms with van der Waals surface area (Å²) in [5.41, 5.74) is 7.07. The summed E-state index contributed by atoms with van der Waals surface area (Å²) in [4.78, 5) is 51.1. The molecule has 11 heteroatoms. The Balaban J connectivity index is 2.41. The SMILES string of the molecule is COC(=O)C(C(=O)NCC(c1ccc(Cl)cc1)C(C(=O)OC)C(=O)OC)C(CN)c1ccc(Cl)cc1. The van der Waals surface area contributed by atoms with Gasteiger partial charge in [0.25, 0.3) is 0 Å². The summed E-state index contributed by atoms with van der Waals surface area (Å²) in [6, 6.07) is 13.0. The number of hydrogen-bond donors (Lipinski definition) is 2. The normalized spacial score (nSPS) is 13.3. The molecule has 3 N–H and O–H groups in total. The van der Waals surface area contributed by atoms with Crippen molar-refractivity contribution in [3.63, 3.8) is 0 Å². The van der Waals surface area contributed by atoms with E-state index >= 15 is 0 Å². The van der Waals surface area contributed by atoms with Crippen LogP contribution < -0.4 is 11.1 Å². The van der Waals surface area contributed by atoms with E-state index in [9.17, 15) is 19.2 Å². The van der Waals surface area contributed by atoms with Gasteiger partial charge in [0.2, 0.25) is 5.91 Å². The highest BCUT2D eigenvalue weighted by atomic mass is 35.5. The Labute approximate surface area is 219 Å². The largest absolute Gasteiger partial charge is 0.468 e. The van der Waals surface area contributed by atoms with Crippen LogP contribution in [0.4, 0.5) is 0 Å². The summed E-state index contributed by atoms with van der Waals surface area (Å²) in [6.07, 6.45) is 0. The van der Waals surface area contributed by atoms with Crippen LogP contribution in [0.3, 0.4) is 0 Å². The van der Waals surface area contributed by atoms with Crippen molar-refractivity contribution in [3.8, 4) is 0 Å². The van der Waals surface area contributed by atoms with E-state index in [0.29, 0.717) is 21.2 Å². The Morgan fingerprint density at radius 3 is 1.50 bits per heavy atom. The Bertz CT molecular complexity index is 1050. The Morgan fingerprint density at radius 1 is 0.722 bits per heavy atom. The summed E-state index contributed by atoms with van der Waals surface area (Å²) in [7, 11) is 3.45. The average molecular weight is 539 g/mol. The smallest absolute Gasteiger partial charge is 0.320 e. The van der Waals surface area contributed by atoms with Crippen LogP contribution >= 0.6 is 23.2 Å². The molecule has 9 nitrogen and oxygen atoms in total. The van der Waals surface area contributed by atoms with Gasteiger partial charge in [-0.05, 0) is 35.4 Å². The van der Waals surface area contributed by atoms with Crippen molar-refractivity contribution in [2.75, 3.05) is 34.4 Å². The van der Waals surface area contributed by atoms with Gasteiger partial charge >= 0.3 is 17.9 Å². The fraction of sp³-hybridized carbons (Fsp3) is 0.360. The molecular formula is C25H28Cl2N2O7. The molecule has 3 atom stereocenters. The molecule has 2 aromatic rings. The van der Waals surface area contributed by atoms with Crippen LogP contribution in [0.5, 0.6) is 0 Å². The fourth-order valence-corrected chi connectivity index (χ4v) is 4.14. The van der Waals surface area contributed by atoms with Crippen LogP contribution in [0.1, 0.15) is 23.0 Å². The van der Waals surface area contributed by atoms with E-state index in [1.54, 1.807) is 48.5 Å². The molecule has 0 aliphatic carbocycles. The quantitative estimate of drug-likeness (QED) is 0.253. The summed E-state index contributed by atoms with van der Waals surface area (Å²) in [5, 5.41) is 3.60. The molecule has 36 heavy (non-hydrogen) atoms. The molecule has 0 fully saturated rings. The second-order valence-electron chi connectivity index (χ2n) is 7.82. The zero-order valence-corrected chi connectivity index (χ0v) is 21.5. The molecule has 2 aromatic carbocycles. The number of amides is 1. The van der Waals surface area contributed by atoms with Gasteiger partial charge in [0, 0.05) is 35.0 Å². The zero-order chi connectivity index (χ0) is 26.8. The van der Waals surface area contributed by atoms with Crippen molar-refractivity contribution in [3.05, 3.63) is 69.7 Å². The molecule has 2 rings (SSSR count). The standard InChI is InChI=1S/C25H28Cl2N2O7/c1-34-23(31)20(18(12-28)14-4-8-16(26)9-5-14)22(30)29-13-19(15-6-10-17(27)11-7-15)21(24(32)35-2)25(33)36-3/h4-11,18-21H,12-13,28H2,1-3H3,(H,29,30). The third kappa shape index (κ3) is 7.19. The highest BCUT2D eigenvalue weighted by molar-refractivity contribution is 6.30. The first kappa shape index (κ1) is 29.1. The number of halogens is 2. The minimum atomic E-state index is -1.39. The van der Waals surface area contributed by atoms with Crippen LogP contribution in [0.2, 0.25) is 10.0 Å². The first-order chi connectivity index (χ1) is 17.2. The van der Waals surface area contributed by atoms with E-state index < -0.39 is 47.5 Å². The van der Waals surface area contributed by atoms with Gasteiger partial charge in [-0.15, -0.1) is 0 Å². The highest BCUT2D eigenvalue weighted by Crippen LogP contribution is 2.30. The van der Waals surface area contributed by atoms with Gasteiger partial charge < -0.3 is 25.3 Å². The van der Waals surface area contributed by atoms with Crippen molar-refractivity contribution in [1.82, 2.24) is 5.32 Å². The van der Waals surface area contributed by atoms with Crippen LogP contribution in [0.15, 0.2) is 48.5 Å². The molecule has 0 bridgehead atoms. The number of hydrogen-bond acceptors (Lipinski definition) is 8. The maximum absolute atomic E-state index is 13.3. The van der Waals surface area contributed by atoms with Crippen molar-refractivity contribution in [2.45, 2.75) is 11.8 Å². The fourth-order valence-electron chi connectivity index (χ4n) is 3.89. The molecule has 194 valence electrons. The summed E-state index contributed by atoms with van der Waals surface area (Å²) in [6.45, 7) is -0.247. The number of benzene rings is 2. The summed E-state index contributed by atoms with van der Waals surface area (Å²) in [5.74, 6) is -7.49. The molecule has 0 aliphatic heterocycles. The molecule has 0 saturated carbocycles. The van der Waals surface area contributed by atoms with E-state index in [1.165, 1.54) is 7.11 Å². The number of carbonyl (C=O) groups excluding carboxylic acids is 4. The minimum Gasteiger partial charge on any atom is -0.468 e. The monoisotopic (exact) mass is 538 g/mol. The summed E-state index contributed by atoms with van der Waals surface area (Å²) < 4.78 is 14.5. The second-order valence-corrected chi connectivity index (χ2v) is 8.69. The molecule has 0 radical (unpaired) electrons. The lowest BCUT2D eigenvalue weighted by Crippen LogP contribution is -2.45. The van der Waals surface area contributed by atoms with E-state index in [-0.39, 0.29) is 13.1 Å². The molecule has 0 spiro atoms. The van der Waals surface area contributed by atoms with E-state index in [2.05, 4.69) is 5.32 Å². The number of carbonyl (C=O) groups is 4. The van der Waals surface area contributed by atoms with Crippen molar-refractivity contribution in [2.24, 2.45) is 17.6 Å². The van der Waals surface area contributed by atoms with Crippen LogP contribution in [-0.4, -0.2) is 58.2 Å². The van der Waals surface area contributed by atoms with Crippen LogP contribution in [0.25, 0.3) is 0 Å². The molecule has 0 heterocycles. The van der Waals surface area contributed by atoms with Gasteiger partial charge in [-0.3, -0.25) is 19.2 Å². The van der Waals surface area contributed by atoms with Crippen molar-refractivity contribution < 1.29 is 33.4 Å². The molecule has 1 amide bonds. The van der Waals surface area contributed by atoms with E-state index in [0.717, 1.165) is 14.2 Å². The first-order valence-electron chi connectivity index (χ1n) is 10.9. The average Bonchev–Trinajstić information content (AvgIpc) is 2.89. The molecular weight excluding hydrogens is 511 g/mol. The van der Waals surface area contributed by atoms with Crippen molar-refractivity contribution >= 4 is 47.0 Å². The Hall–Kier alpha value is -3.14. The van der Waals surface area contributed by atoms with Gasteiger partial charge in [-0.25, -0.2) is 0 Å². The molecule has 0 aromatic heterocycles. The minimum absolute atomic E-state index is 0.0393. The van der Waals surface area contributed by atoms with Gasteiger partial charge in [-0.1, -0.05) is 47.5 Å². The molecule has 0 saturated heterocycles. The number of methoxy groups -OCH3 is 3. The number of ether oxygens (including phenoxy) is 3. The van der Waals surface area contributed by atoms with E-state index in [1.807, 2.05) is 0 Å². The maximum Gasteiger partial charge on any atom is 0.320 e. The first-order valence-corrected chi connectivity index (χ1v) is 11.7. The zero-order valence-electron chi connectivity index (χ0n) is 20.0. The van der Waals surface area contributed by atoms with Gasteiger partial charge in [0.15, 0.2) is 5.92 Å². The topological polar surface area (TPSA) is 134 Å². The third-order valence-electron chi connectivity index (χ3n) is 5.80. The maximum atomic E-state index is 13.3. The van der Waals surface area contributed by atoms with Gasteiger partial charge in [0.1, 0.15) is 5.92 Å². The van der Waals surface area contributed by atoms with Crippen LogP contribution in [0, 0.1) is 11.8 Å². The number of nitrogens with one attached hydrogen (secondary N) is 1. The Kier molecular flexibility index (Phi) is 11.2. The number of rotatable bonds is 11. The van der Waals surface area contributed by atoms with E-state index in [4.69, 9.17) is 43.1 Å². The number of nitrogens with two attached hydrogens (primary N) is 1.